The van der Waals surface area contributed by atoms with Crippen molar-refractivity contribution in [2.45, 2.75) is 24.0 Å². The van der Waals surface area contributed by atoms with Gasteiger partial charge >= 0.3 is 6.18 Å². The highest BCUT2D eigenvalue weighted by atomic mass is 32.2. The molecule has 7 nitrogen and oxygen atoms in total. The molecule has 2 rings (SSSR count). The van der Waals surface area contributed by atoms with Gasteiger partial charge in [-0.1, -0.05) is 12.1 Å². The highest BCUT2D eigenvalue weighted by Gasteiger charge is 2.31. The van der Waals surface area contributed by atoms with E-state index < -0.39 is 49.0 Å². The largest absolute Gasteiger partial charge is 0.416 e. The van der Waals surface area contributed by atoms with Crippen molar-refractivity contribution < 1.29 is 31.3 Å². The molecule has 150 valence electrons. The van der Waals surface area contributed by atoms with E-state index in [1.54, 1.807) is 0 Å². The van der Waals surface area contributed by atoms with Crippen LogP contribution in [0, 0.1) is 10.1 Å². The number of nitrogens with zero attached hydrogens (tertiary/aromatic N) is 1. The summed E-state index contributed by atoms with van der Waals surface area (Å²) in [6, 6.07) is 6.40. The summed E-state index contributed by atoms with van der Waals surface area (Å²) in [5.74, 6) is -0.798. The van der Waals surface area contributed by atoms with Crippen molar-refractivity contribution in [1.29, 1.82) is 0 Å². The zero-order chi connectivity index (χ0) is 21.3. The van der Waals surface area contributed by atoms with Crippen LogP contribution in [0.1, 0.15) is 34.5 Å². The minimum Gasteiger partial charge on any atom is -0.346 e. The summed E-state index contributed by atoms with van der Waals surface area (Å²) in [5.41, 5.74) is -1.65. The van der Waals surface area contributed by atoms with Gasteiger partial charge in [-0.05, 0) is 36.8 Å². The van der Waals surface area contributed by atoms with E-state index >= 15 is 0 Å². The van der Waals surface area contributed by atoms with Crippen LogP contribution < -0.4 is 5.32 Å². The van der Waals surface area contributed by atoms with E-state index in [-0.39, 0.29) is 11.1 Å². The molecule has 0 aliphatic carbocycles. The number of carbonyl (C=O) groups is 1. The van der Waals surface area contributed by atoms with Gasteiger partial charge in [-0.2, -0.15) is 13.2 Å². The summed E-state index contributed by atoms with van der Waals surface area (Å²) in [4.78, 5) is 22.0. The minimum atomic E-state index is -4.54. The highest BCUT2D eigenvalue weighted by molar-refractivity contribution is 7.90. The van der Waals surface area contributed by atoms with Gasteiger partial charge in [-0.25, -0.2) is 8.42 Å². The fourth-order valence-electron chi connectivity index (χ4n) is 2.46. The average molecular weight is 416 g/mol. The summed E-state index contributed by atoms with van der Waals surface area (Å²) < 4.78 is 61.7. The van der Waals surface area contributed by atoms with E-state index in [0.29, 0.717) is 0 Å². The van der Waals surface area contributed by atoms with E-state index in [1.807, 2.05) is 0 Å². The molecule has 1 unspecified atom stereocenters. The number of amides is 1. The van der Waals surface area contributed by atoms with Gasteiger partial charge in [0.2, 0.25) is 0 Å². The SMILES string of the molecule is CC(NC(=O)c1ccc(S(C)(=O)=O)c([N+](=O)[O-])c1)c1cccc(C(F)(F)F)c1. The lowest BCUT2D eigenvalue weighted by Crippen LogP contribution is -2.27. The molecule has 28 heavy (non-hydrogen) atoms. The predicted molar refractivity (Wildman–Crippen MR) is 93.5 cm³/mol. The Morgan fingerprint density at radius 3 is 2.36 bits per heavy atom. The third-order valence-electron chi connectivity index (χ3n) is 3.88. The van der Waals surface area contributed by atoms with Gasteiger partial charge in [-0.3, -0.25) is 14.9 Å². The van der Waals surface area contributed by atoms with Gasteiger partial charge in [0, 0.05) is 17.9 Å². The van der Waals surface area contributed by atoms with Crippen LogP contribution in [0.4, 0.5) is 18.9 Å². The number of sulfone groups is 1. The zero-order valence-corrected chi connectivity index (χ0v) is 15.5. The molecule has 1 atom stereocenters. The monoisotopic (exact) mass is 416 g/mol. The normalized spacial score (nSPS) is 13.0. The Hall–Kier alpha value is -2.95. The van der Waals surface area contributed by atoms with Gasteiger partial charge in [-0.15, -0.1) is 0 Å². The molecule has 11 heteroatoms. The number of hydrogen-bond donors (Lipinski definition) is 1. The molecule has 1 N–H and O–H groups in total. The van der Waals surface area contributed by atoms with Crippen LogP contribution in [0.15, 0.2) is 47.4 Å². The van der Waals surface area contributed by atoms with Crippen LogP contribution >= 0.6 is 0 Å². The van der Waals surface area contributed by atoms with E-state index in [4.69, 9.17) is 0 Å². The minimum absolute atomic E-state index is 0.186. The zero-order valence-electron chi connectivity index (χ0n) is 14.6. The van der Waals surface area contributed by atoms with Gasteiger partial charge < -0.3 is 5.32 Å². The number of benzene rings is 2. The van der Waals surface area contributed by atoms with Crippen LogP contribution in [0.5, 0.6) is 0 Å². The van der Waals surface area contributed by atoms with Crippen molar-refractivity contribution >= 4 is 21.4 Å². The second-order valence-corrected chi connectivity index (χ2v) is 8.01. The second-order valence-electron chi connectivity index (χ2n) is 6.03. The maximum absolute atomic E-state index is 12.8. The molecule has 0 aromatic heterocycles. The van der Waals surface area contributed by atoms with Crippen molar-refractivity contribution in [2.75, 3.05) is 6.26 Å². The molecule has 1 amide bonds. The van der Waals surface area contributed by atoms with Crippen LogP contribution in [0.3, 0.4) is 0 Å². The molecule has 2 aromatic carbocycles. The Morgan fingerprint density at radius 1 is 1.18 bits per heavy atom. The third-order valence-corrected chi connectivity index (χ3v) is 5.02. The standard InChI is InChI=1S/C17H15F3N2O5S/c1-10(11-4-3-5-13(8-11)17(18,19)20)21-16(23)12-6-7-15(28(2,26)27)14(9-12)22(24)25/h3-10H,1-2H3,(H,21,23). The molecule has 0 spiro atoms. The molecule has 2 aromatic rings. The topological polar surface area (TPSA) is 106 Å². The fourth-order valence-corrected chi connectivity index (χ4v) is 3.29. The van der Waals surface area contributed by atoms with Crippen molar-refractivity contribution in [2.24, 2.45) is 0 Å². The molecule has 0 saturated carbocycles. The maximum Gasteiger partial charge on any atom is 0.416 e. The van der Waals surface area contributed by atoms with Crippen LogP contribution in [0.2, 0.25) is 0 Å². The Kier molecular flexibility index (Phi) is 5.78. The predicted octanol–water partition coefficient (Wildman–Crippen LogP) is 3.51. The Balaban J connectivity index is 2.30. The van der Waals surface area contributed by atoms with Gasteiger partial charge in [0.1, 0.15) is 4.90 Å². The van der Waals surface area contributed by atoms with E-state index in [0.717, 1.165) is 36.6 Å². The summed E-state index contributed by atoms with van der Waals surface area (Å²) >= 11 is 0. The van der Waals surface area contributed by atoms with Crippen molar-refractivity contribution in [3.63, 3.8) is 0 Å². The number of nitro groups is 1. The lowest BCUT2D eigenvalue weighted by molar-refractivity contribution is -0.387. The molecule has 0 bridgehead atoms. The molecule has 0 fully saturated rings. The first-order valence-corrected chi connectivity index (χ1v) is 9.66. The van der Waals surface area contributed by atoms with Gasteiger partial charge in [0.05, 0.1) is 16.5 Å². The first-order chi connectivity index (χ1) is 12.8. The quantitative estimate of drug-likeness (QED) is 0.593. The average Bonchev–Trinajstić information content (AvgIpc) is 2.59. The van der Waals surface area contributed by atoms with Crippen molar-refractivity contribution in [3.8, 4) is 0 Å². The molecular weight excluding hydrogens is 401 g/mol. The number of rotatable bonds is 5. The Morgan fingerprint density at radius 2 is 1.82 bits per heavy atom. The third kappa shape index (κ3) is 4.85. The fraction of sp³-hybridized carbons (Fsp3) is 0.235. The number of alkyl halides is 3. The summed E-state index contributed by atoms with van der Waals surface area (Å²) in [5, 5.41) is 13.6. The molecule has 0 aliphatic heterocycles. The number of nitrogens with one attached hydrogen (secondary N) is 1. The summed E-state index contributed by atoms with van der Waals surface area (Å²) in [6.07, 6.45) is -3.74. The smallest absolute Gasteiger partial charge is 0.346 e. The van der Waals surface area contributed by atoms with E-state index in [1.165, 1.54) is 19.1 Å². The highest BCUT2D eigenvalue weighted by Crippen LogP contribution is 2.31. The number of hydrogen-bond acceptors (Lipinski definition) is 5. The molecular formula is C17H15F3N2O5S. The van der Waals surface area contributed by atoms with Crippen LogP contribution in [0.25, 0.3) is 0 Å². The number of nitro benzene ring substituents is 1. The molecule has 0 radical (unpaired) electrons. The van der Waals surface area contributed by atoms with E-state index in [9.17, 15) is 36.5 Å². The summed E-state index contributed by atoms with van der Waals surface area (Å²) in [6.45, 7) is 1.45. The first kappa shape index (κ1) is 21.4. The van der Waals surface area contributed by atoms with Crippen LogP contribution in [-0.4, -0.2) is 25.5 Å². The lowest BCUT2D eigenvalue weighted by atomic mass is 10.0. The van der Waals surface area contributed by atoms with Crippen molar-refractivity contribution in [1.82, 2.24) is 5.32 Å². The molecule has 0 saturated heterocycles. The second kappa shape index (κ2) is 7.58. The summed E-state index contributed by atoms with van der Waals surface area (Å²) in [7, 11) is -3.89. The van der Waals surface area contributed by atoms with E-state index in [2.05, 4.69) is 5.32 Å². The first-order valence-electron chi connectivity index (χ1n) is 7.77. The van der Waals surface area contributed by atoms with Crippen molar-refractivity contribution in [3.05, 3.63) is 69.3 Å². The lowest BCUT2D eigenvalue weighted by Gasteiger charge is -2.16. The van der Waals surface area contributed by atoms with Gasteiger partial charge in [0.25, 0.3) is 11.6 Å². The molecule has 0 heterocycles. The number of carbonyl (C=O) groups excluding carboxylic acids is 1. The number of halogens is 3. The molecule has 0 aliphatic rings. The van der Waals surface area contributed by atoms with Gasteiger partial charge in [0.15, 0.2) is 9.84 Å². The Labute approximate surface area is 158 Å². The Bertz CT molecular complexity index is 1040. The van der Waals surface area contributed by atoms with Crippen LogP contribution in [-0.2, 0) is 16.0 Å². The maximum atomic E-state index is 12.8.